The number of ether oxygens (including phenoxy) is 1. The van der Waals surface area contributed by atoms with Crippen molar-refractivity contribution in [3.05, 3.63) is 29.8 Å². The summed E-state index contributed by atoms with van der Waals surface area (Å²) in [7, 11) is 1.27. The lowest BCUT2D eigenvalue weighted by Gasteiger charge is -2.08. The van der Waals surface area contributed by atoms with Gasteiger partial charge in [0, 0.05) is 5.56 Å². The lowest BCUT2D eigenvalue weighted by Crippen LogP contribution is -2.17. The van der Waals surface area contributed by atoms with Gasteiger partial charge in [-0.15, -0.1) is 0 Å². The molecule has 14 heavy (non-hydrogen) atoms. The third-order valence-electron chi connectivity index (χ3n) is 1.64. The molecule has 1 rings (SSSR count). The quantitative estimate of drug-likeness (QED) is 0.486. The van der Waals surface area contributed by atoms with E-state index in [0.29, 0.717) is 11.3 Å². The fourth-order valence-corrected chi connectivity index (χ4v) is 0.988. The Bertz CT molecular complexity index is 363. The van der Waals surface area contributed by atoms with Crippen LogP contribution in [0.1, 0.15) is 5.56 Å². The first-order valence-electron chi connectivity index (χ1n) is 3.93. The molecular weight excluding hydrogens is 182 g/mol. The van der Waals surface area contributed by atoms with Gasteiger partial charge in [0.25, 0.3) is 0 Å². The van der Waals surface area contributed by atoms with Gasteiger partial charge in [0.2, 0.25) is 0 Å². The fourth-order valence-electron chi connectivity index (χ4n) is 0.988. The third kappa shape index (κ3) is 2.22. The Kier molecular flexibility index (Phi) is 3.06. The van der Waals surface area contributed by atoms with Gasteiger partial charge in [-0.2, -0.15) is 0 Å². The number of para-hydroxylation sites is 1. The number of amides is 1. The second-order valence-corrected chi connectivity index (χ2v) is 2.58. The maximum atomic E-state index is 10.9. The van der Waals surface area contributed by atoms with Crippen LogP contribution in [0.5, 0.6) is 0 Å². The summed E-state index contributed by atoms with van der Waals surface area (Å²) in [6.07, 6.45) is -0.585. The number of nitrogens with one attached hydrogen (secondary N) is 2. The van der Waals surface area contributed by atoms with Crippen LogP contribution in [0.4, 0.5) is 10.5 Å². The molecule has 0 aliphatic carbocycles. The number of rotatable bonds is 2. The Balaban J connectivity index is 2.95. The highest BCUT2D eigenvalue weighted by molar-refractivity contribution is 6.03. The Morgan fingerprint density at radius 3 is 2.71 bits per heavy atom. The molecule has 0 unspecified atom stereocenters. The van der Waals surface area contributed by atoms with Crippen molar-refractivity contribution in [2.75, 3.05) is 12.4 Å². The second-order valence-electron chi connectivity index (χ2n) is 2.58. The average Bonchev–Trinajstić information content (AvgIpc) is 2.18. The van der Waals surface area contributed by atoms with Crippen LogP contribution in [0.2, 0.25) is 0 Å². The minimum Gasteiger partial charge on any atom is -0.453 e. The number of nitrogen functional groups attached to an aromatic ring is 1. The van der Waals surface area contributed by atoms with Crippen molar-refractivity contribution >= 4 is 17.6 Å². The van der Waals surface area contributed by atoms with E-state index in [1.165, 1.54) is 7.11 Å². The summed E-state index contributed by atoms with van der Waals surface area (Å²) in [4.78, 5) is 10.9. The molecule has 0 aromatic heterocycles. The molecule has 0 spiro atoms. The number of nitrogens with two attached hydrogens (primary N) is 1. The molecule has 4 N–H and O–H groups in total. The smallest absolute Gasteiger partial charge is 0.411 e. The topological polar surface area (TPSA) is 88.2 Å². The molecule has 0 saturated heterocycles. The molecular formula is C9H11N3O2. The molecule has 1 aromatic carbocycles. The average molecular weight is 193 g/mol. The standard InChI is InChI=1S/C9H11N3O2/c1-14-9(13)12-7-5-3-2-4-6(7)8(10)11/h2-5H,1H3,(H3,10,11)(H,12,13). The van der Waals surface area contributed by atoms with E-state index in [1.54, 1.807) is 24.3 Å². The van der Waals surface area contributed by atoms with E-state index in [2.05, 4.69) is 10.1 Å². The molecule has 0 aliphatic heterocycles. The maximum Gasteiger partial charge on any atom is 0.411 e. The zero-order valence-electron chi connectivity index (χ0n) is 7.70. The monoisotopic (exact) mass is 193 g/mol. The number of hydrogen-bond donors (Lipinski definition) is 3. The summed E-state index contributed by atoms with van der Waals surface area (Å²) < 4.78 is 4.43. The van der Waals surface area contributed by atoms with Crippen LogP contribution in [0.25, 0.3) is 0 Å². The number of benzene rings is 1. The minimum absolute atomic E-state index is 0.1000. The van der Waals surface area contributed by atoms with Crippen molar-refractivity contribution in [1.82, 2.24) is 0 Å². The van der Waals surface area contributed by atoms with Crippen LogP contribution in [-0.4, -0.2) is 19.0 Å². The van der Waals surface area contributed by atoms with E-state index >= 15 is 0 Å². The van der Waals surface area contributed by atoms with Crippen LogP contribution < -0.4 is 11.1 Å². The SMILES string of the molecule is COC(=O)Nc1ccccc1C(=N)N. The number of methoxy groups -OCH3 is 1. The van der Waals surface area contributed by atoms with Gasteiger partial charge in [-0.1, -0.05) is 12.1 Å². The molecule has 1 aromatic rings. The lowest BCUT2D eigenvalue weighted by molar-refractivity contribution is 0.187. The van der Waals surface area contributed by atoms with Crippen molar-refractivity contribution in [3.63, 3.8) is 0 Å². The van der Waals surface area contributed by atoms with Gasteiger partial charge >= 0.3 is 6.09 Å². The maximum absolute atomic E-state index is 10.9. The largest absolute Gasteiger partial charge is 0.453 e. The van der Waals surface area contributed by atoms with Crippen LogP contribution >= 0.6 is 0 Å². The summed E-state index contributed by atoms with van der Waals surface area (Å²) in [5.41, 5.74) is 6.26. The van der Waals surface area contributed by atoms with Gasteiger partial charge in [-0.25, -0.2) is 4.79 Å². The predicted octanol–water partition coefficient (Wildman–Crippen LogP) is 1.15. The number of carbonyl (C=O) groups excluding carboxylic acids is 1. The lowest BCUT2D eigenvalue weighted by atomic mass is 10.1. The van der Waals surface area contributed by atoms with Crippen molar-refractivity contribution in [2.24, 2.45) is 5.73 Å². The van der Waals surface area contributed by atoms with Gasteiger partial charge in [0.15, 0.2) is 0 Å². The first kappa shape index (κ1) is 10.0. The van der Waals surface area contributed by atoms with E-state index in [-0.39, 0.29) is 5.84 Å². The van der Waals surface area contributed by atoms with Crippen LogP contribution in [0.3, 0.4) is 0 Å². The van der Waals surface area contributed by atoms with Gasteiger partial charge in [0.05, 0.1) is 12.8 Å². The Morgan fingerprint density at radius 1 is 1.50 bits per heavy atom. The summed E-state index contributed by atoms with van der Waals surface area (Å²) in [5, 5.41) is 9.72. The first-order chi connectivity index (χ1) is 6.65. The molecule has 0 aliphatic rings. The van der Waals surface area contributed by atoms with Crippen molar-refractivity contribution in [1.29, 1.82) is 5.41 Å². The molecule has 5 nitrogen and oxygen atoms in total. The minimum atomic E-state index is -0.585. The third-order valence-corrected chi connectivity index (χ3v) is 1.64. The Hall–Kier alpha value is -2.04. The van der Waals surface area contributed by atoms with Crippen LogP contribution in [0.15, 0.2) is 24.3 Å². The van der Waals surface area contributed by atoms with E-state index in [1.807, 2.05) is 0 Å². The molecule has 0 fully saturated rings. The highest BCUT2D eigenvalue weighted by Gasteiger charge is 2.07. The summed E-state index contributed by atoms with van der Waals surface area (Å²) in [6.45, 7) is 0. The number of carbonyl (C=O) groups is 1. The highest BCUT2D eigenvalue weighted by Crippen LogP contribution is 2.13. The van der Waals surface area contributed by atoms with Crippen molar-refractivity contribution < 1.29 is 9.53 Å². The number of anilines is 1. The molecule has 0 radical (unpaired) electrons. The van der Waals surface area contributed by atoms with E-state index in [9.17, 15) is 4.79 Å². The summed E-state index contributed by atoms with van der Waals surface area (Å²) in [5.74, 6) is -0.1000. The molecule has 0 saturated carbocycles. The van der Waals surface area contributed by atoms with E-state index in [4.69, 9.17) is 11.1 Å². The fraction of sp³-hybridized carbons (Fsp3) is 0.111. The molecule has 0 bridgehead atoms. The summed E-state index contributed by atoms with van der Waals surface area (Å²) >= 11 is 0. The second kappa shape index (κ2) is 4.27. The van der Waals surface area contributed by atoms with Crippen LogP contribution in [0, 0.1) is 5.41 Å². The van der Waals surface area contributed by atoms with Crippen molar-refractivity contribution in [3.8, 4) is 0 Å². The van der Waals surface area contributed by atoms with Gasteiger partial charge < -0.3 is 10.5 Å². The van der Waals surface area contributed by atoms with Gasteiger partial charge in [-0.3, -0.25) is 10.7 Å². The molecule has 0 heterocycles. The van der Waals surface area contributed by atoms with Crippen molar-refractivity contribution in [2.45, 2.75) is 0 Å². The zero-order valence-corrected chi connectivity index (χ0v) is 7.70. The molecule has 74 valence electrons. The molecule has 0 atom stereocenters. The Morgan fingerprint density at radius 2 is 2.14 bits per heavy atom. The molecule has 5 heteroatoms. The number of amidine groups is 1. The molecule has 1 amide bonds. The first-order valence-corrected chi connectivity index (χ1v) is 3.93. The zero-order chi connectivity index (χ0) is 10.6. The van der Waals surface area contributed by atoms with Gasteiger partial charge in [0.1, 0.15) is 5.84 Å². The van der Waals surface area contributed by atoms with Crippen LogP contribution in [-0.2, 0) is 4.74 Å². The van der Waals surface area contributed by atoms with E-state index < -0.39 is 6.09 Å². The highest BCUT2D eigenvalue weighted by atomic mass is 16.5. The Labute approximate surface area is 81.4 Å². The van der Waals surface area contributed by atoms with E-state index in [0.717, 1.165) is 0 Å². The normalized spacial score (nSPS) is 9.21. The summed E-state index contributed by atoms with van der Waals surface area (Å²) in [6, 6.07) is 6.76. The van der Waals surface area contributed by atoms with Gasteiger partial charge in [-0.05, 0) is 12.1 Å². The predicted molar refractivity (Wildman–Crippen MR) is 53.5 cm³/mol. The number of hydrogen-bond acceptors (Lipinski definition) is 3.